The second kappa shape index (κ2) is 6.52. The fourth-order valence-corrected chi connectivity index (χ4v) is 3.46. The van der Waals surface area contributed by atoms with Crippen molar-refractivity contribution in [2.75, 3.05) is 6.61 Å². The van der Waals surface area contributed by atoms with E-state index in [0.717, 1.165) is 34.6 Å². The predicted octanol–water partition coefficient (Wildman–Crippen LogP) is 4.42. The molecule has 0 bridgehead atoms. The van der Waals surface area contributed by atoms with Crippen molar-refractivity contribution in [3.63, 3.8) is 0 Å². The Morgan fingerprint density at radius 2 is 2.08 bits per heavy atom. The van der Waals surface area contributed by atoms with Crippen LogP contribution in [0.1, 0.15) is 5.69 Å². The van der Waals surface area contributed by atoms with Gasteiger partial charge in [0.15, 0.2) is 0 Å². The number of halogens is 1. The number of hydrogen-bond acceptors (Lipinski definition) is 4. The molecule has 5 nitrogen and oxygen atoms in total. The number of nitriles is 1. The number of pyridine rings is 2. The van der Waals surface area contributed by atoms with Crippen LogP contribution in [-0.2, 0) is 11.5 Å². The van der Waals surface area contributed by atoms with Gasteiger partial charge in [-0.3, -0.25) is 4.57 Å². The SMILES string of the molecule is C[Si](C)(C)CCOCn1c2cnc(C#N)cc2c2ccc(Cl)nc21. The summed E-state index contributed by atoms with van der Waals surface area (Å²) >= 11 is 6.07. The molecular weight excluding hydrogens is 340 g/mol. The zero-order valence-electron chi connectivity index (χ0n) is 14.0. The van der Waals surface area contributed by atoms with E-state index in [-0.39, 0.29) is 0 Å². The van der Waals surface area contributed by atoms with Crippen molar-refractivity contribution in [1.29, 1.82) is 5.26 Å². The normalized spacial score (nSPS) is 12.0. The summed E-state index contributed by atoms with van der Waals surface area (Å²) in [7, 11) is -1.13. The van der Waals surface area contributed by atoms with Gasteiger partial charge in [0.25, 0.3) is 0 Å². The highest BCUT2D eigenvalue weighted by Gasteiger charge is 2.15. The van der Waals surface area contributed by atoms with E-state index in [1.807, 2.05) is 10.6 Å². The van der Waals surface area contributed by atoms with Crippen LogP contribution in [0.3, 0.4) is 0 Å². The van der Waals surface area contributed by atoms with Crippen LogP contribution in [0, 0.1) is 11.3 Å². The number of ether oxygens (including phenoxy) is 1. The first-order valence-electron chi connectivity index (χ1n) is 7.81. The van der Waals surface area contributed by atoms with Crippen LogP contribution in [0.2, 0.25) is 30.8 Å². The molecule has 3 rings (SSSR count). The minimum absolute atomic E-state index is 0.385. The largest absolute Gasteiger partial charge is 0.361 e. The zero-order chi connectivity index (χ0) is 17.3. The van der Waals surface area contributed by atoms with Gasteiger partial charge in [-0.05, 0) is 24.2 Å². The zero-order valence-corrected chi connectivity index (χ0v) is 15.8. The van der Waals surface area contributed by atoms with Crippen LogP contribution in [-0.4, -0.2) is 29.2 Å². The van der Waals surface area contributed by atoms with Crippen LogP contribution >= 0.6 is 11.6 Å². The Hall–Kier alpha value is -1.94. The molecule has 0 saturated heterocycles. The Morgan fingerprint density at radius 3 is 2.79 bits per heavy atom. The van der Waals surface area contributed by atoms with Gasteiger partial charge < -0.3 is 4.74 Å². The molecule has 0 amide bonds. The van der Waals surface area contributed by atoms with E-state index in [4.69, 9.17) is 21.6 Å². The smallest absolute Gasteiger partial charge is 0.144 e. The van der Waals surface area contributed by atoms with Crippen molar-refractivity contribution in [2.24, 2.45) is 0 Å². The maximum Gasteiger partial charge on any atom is 0.144 e. The number of fused-ring (bicyclic) bond motifs is 3. The maximum atomic E-state index is 9.09. The first-order chi connectivity index (χ1) is 11.4. The quantitative estimate of drug-likeness (QED) is 0.384. The monoisotopic (exact) mass is 358 g/mol. The van der Waals surface area contributed by atoms with Crippen molar-refractivity contribution < 1.29 is 4.74 Å². The number of nitrogens with zero attached hydrogens (tertiary/aromatic N) is 4. The van der Waals surface area contributed by atoms with Crippen LogP contribution < -0.4 is 0 Å². The first-order valence-corrected chi connectivity index (χ1v) is 11.9. The van der Waals surface area contributed by atoms with E-state index in [0.29, 0.717) is 17.6 Å². The van der Waals surface area contributed by atoms with E-state index in [1.165, 1.54) is 0 Å². The Morgan fingerprint density at radius 1 is 1.29 bits per heavy atom. The third kappa shape index (κ3) is 3.43. The molecule has 3 aromatic heterocycles. The third-order valence-electron chi connectivity index (χ3n) is 3.89. The summed E-state index contributed by atoms with van der Waals surface area (Å²) in [5.74, 6) is 0. The molecule has 0 aromatic carbocycles. The van der Waals surface area contributed by atoms with Gasteiger partial charge in [-0.25, -0.2) is 9.97 Å². The van der Waals surface area contributed by atoms with E-state index >= 15 is 0 Å². The summed E-state index contributed by atoms with van der Waals surface area (Å²) in [5.41, 5.74) is 2.03. The standard InChI is InChI=1S/C17H19ClN4OSi/c1-24(2,3)7-6-23-11-22-15-10-20-12(9-19)8-14(15)13-4-5-16(18)21-17(13)22/h4-5,8,10H,6-7,11H2,1-3H3. The second-order valence-corrected chi connectivity index (χ2v) is 13.0. The summed E-state index contributed by atoms with van der Waals surface area (Å²) in [5, 5.41) is 11.4. The molecule has 0 N–H and O–H groups in total. The van der Waals surface area contributed by atoms with Crippen LogP contribution in [0.4, 0.5) is 0 Å². The minimum Gasteiger partial charge on any atom is -0.361 e. The molecule has 0 unspecified atom stereocenters. The van der Waals surface area contributed by atoms with Gasteiger partial charge in [0, 0.05) is 25.5 Å². The lowest BCUT2D eigenvalue weighted by Gasteiger charge is -2.16. The third-order valence-corrected chi connectivity index (χ3v) is 5.81. The van der Waals surface area contributed by atoms with Gasteiger partial charge in [0.2, 0.25) is 0 Å². The highest BCUT2D eigenvalue weighted by atomic mass is 35.5. The topological polar surface area (TPSA) is 63.7 Å². The van der Waals surface area contributed by atoms with Crippen molar-refractivity contribution in [3.8, 4) is 6.07 Å². The van der Waals surface area contributed by atoms with E-state index in [9.17, 15) is 0 Å². The molecule has 0 aliphatic heterocycles. The molecule has 0 aliphatic carbocycles. The second-order valence-electron chi connectivity index (χ2n) is 6.98. The molecule has 3 heterocycles. The molecule has 0 saturated carbocycles. The van der Waals surface area contributed by atoms with E-state index in [1.54, 1.807) is 18.3 Å². The van der Waals surface area contributed by atoms with Crippen molar-refractivity contribution in [1.82, 2.24) is 14.5 Å². The average Bonchev–Trinajstić information content (AvgIpc) is 2.83. The summed E-state index contributed by atoms with van der Waals surface area (Å²) in [4.78, 5) is 8.62. The maximum absolute atomic E-state index is 9.09. The summed E-state index contributed by atoms with van der Waals surface area (Å²) in [6.45, 7) is 8.09. The molecule has 124 valence electrons. The highest BCUT2D eigenvalue weighted by molar-refractivity contribution is 6.76. The Labute approximate surface area is 146 Å². The summed E-state index contributed by atoms with van der Waals surface area (Å²) in [6.07, 6.45) is 1.70. The van der Waals surface area contributed by atoms with Crippen molar-refractivity contribution in [3.05, 3.63) is 35.2 Å². The summed E-state index contributed by atoms with van der Waals surface area (Å²) < 4.78 is 7.86. The van der Waals surface area contributed by atoms with E-state index < -0.39 is 8.07 Å². The number of hydrogen-bond donors (Lipinski definition) is 0. The highest BCUT2D eigenvalue weighted by Crippen LogP contribution is 2.29. The van der Waals surface area contributed by atoms with Gasteiger partial charge in [0.05, 0.1) is 11.7 Å². The average molecular weight is 359 g/mol. The fourth-order valence-electron chi connectivity index (χ4n) is 2.56. The Bertz CT molecular complexity index is 940. The van der Waals surface area contributed by atoms with Crippen LogP contribution in [0.25, 0.3) is 21.9 Å². The molecule has 0 atom stereocenters. The molecule has 3 aromatic rings. The van der Waals surface area contributed by atoms with Gasteiger partial charge in [0.1, 0.15) is 29.3 Å². The molecular formula is C17H19ClN4OSi. The number of aromatic nitrogens is 3. The van der Waals surface area contributed by atoms with Crippen molar-refractivity contribution >= 4 is 41.6 Å². The lowest BCUT2D eigenvalue weighted by molar-refractivity contribution is 0.0925. The fraction of sp³-hybridized carbons (Fsp3) is 0.353. The van der Waals surface area contributed by atoms with Gasteiger partial charge >= 0.3 is 0 Å². The molecule has 0 radical (unpaired) electrons. The first kappa shape index (κ1) is 16.9. The van der Waals surface area contributed by atoms with Crippen LogP contribution in [0.15, 0.2) is 24.4 Å². The van der Waals surface area contributed by atoms with Gasteiger partial charge in [-0.2, -0.15) is 5.26 Å². The Kier molecular flexibility index (Phi) is 4.59. The van der Waals surface area contributed by atoms with Gasteiger partial charge in [-0.1, -0.05) is 31.2 Å². The molecule has 7 heteroatoms. The molecule has 0 spiro atoms. The molecule has 0 fully saturated rings. The van der Waals surface area contributed by atoms with Crippen LogP contribution in [0.5, 0.6) is 0 Å². The van der Waals surface area contributed by atoms with Gasteiger partial charge in [-0.15, -0.1) is 0 Å². The molecule has 24 heavy (non-hydrogen) atoms. The lowest BCUT2D eigenvalue weighted by atomic mass is 10.2. The van der Waals surface area contributed by atoms with E-state index in [2.05, 4.69) is 35.7 Å². The summed E-state index contributed by atoms with van der Waals surface area (Å²) in [6, 6.07) is 8.65. The minimum atomic E-state index is -1.13. The molecule has 0 aliphatic rings. The Balaban J connectivity index is 2.01. The predicted molar refractivity (Wildman–Crippen MR) is 98.9 cm³/mol. The van der Waals surface area contributed by atoms with Crippen molar-refractivity contribution in [2.45, 2.75) is 32.4 Å². The number of rotatable bonds is 5. The lowest BCUT2D eigenvalue weighted by Crippen LogP contribution is -2.22.